The van der Waals surface area contributed by atoms with Gasteiger partial charge in [-0.15, -0.1) is 11.3 Å². The van der Waals surface area contributed by atoms with Gasteiger partial charge in [0, 0.05) is 17.2 Å². The molecular formula is C24H21N3O3S. The second kappa shape index (κ2) is 7.67. The molecule has 1 N–H and O–H groups in total. The van der Waals surface area contributed by atoms with E-state index in [1.54, 1.807) is 9.13 Å². The van der Waals surface area contributed by atoms with Crippen molar-refractivity contribution in [1.29, 1.82) is 0 Å². The minimum Gasteiger partial charge on any atom is -0.480 e. The van der Waals surface area contributed by atoms with E-state index in [2.05, 4.69) is 0 Å². The molecule has 0 unspecified atom stereocenters. The number of aromatic nitrogens is 3. The van der Waals surface area contributed by atoms with Gasteiger partial charge in [0.15, 0.2) is 0 Å². The number of rotatable bonds is 6. The van der Waals surface area contributed by atoms with E-state index in [1.165, 1.54) is 11.3 Å². The Balaban J connectivity index is 1.84. The van der Waals surface area contributed by atoms with E-state index in [1.807, 2.05) is 60.8 Å². The molecule has 0 saturated heterocycles. The summed E-state index contributed by atoms with van der Waals surface area (Å²) in [4.78, 5) is 29.6. The van der Waals surface area contributed by atoms with Crippen molar-refractivity contribution in [2.24, 2.45) is 0 Å². The molecule has 0 amide bonds. The smallest absolute Gasteiger partial charge is 0.323 e. The lowest BCUT2D eigenvalue weighted by molar-refractivity contribution is -0.137. The summed E-state index contributed by atoms with van der Waals surface area (Å²) >= 11 is 1.44. The van der Waals surface area contributed by atoms with E-state index in [9.17, 15) is 14.7 Å². The van der Waals surface area contributed by atoms with Crippen LogP contribution in [-0.2, 0) is 24.3 Å². The number of fused-ring (bicyclic) bond motifs is 4. The molecule has 0 spiro atoms. The van der Waals surface area contributed by atoms with E-state index in [4.69, 9.17) is 4.98 Å². The zero-order chi connectivity index (χ0) is 21.5. The summed E-state index contributed by atoms with van der Waals surface area (Å²) in [6.45, 7) is 2.38. The number of aliphatic carboxylic acids is 1. The van der Waals surface area contributed by atoms with Gasteiger partial charge in [-0.05, 0) is 35.6 Å². The van der Waals surface area contributed by atoms with Gasteiger partial charge in [-0.25, -0.2) is 4.98 Å². The van der Waals surface area contributed by atoms with Gasteiger partial charge in [-0.3, -0.25) is 9.59 Å². The lowest BCUT2D eigenvalue weighted by Crippen LogP contribution is -2.20. The quantitative estimate of drug-likeness (QED) is 0.424. The second-order valence-electron chi connectivity index (χ2n) is 7.66. The van der Waals surface area contributed by atoms with Gasteiger partial charge in [-0.1, -0.05) is 37.3 Å². The number of hydrogen-bond donors (Lipinski definition) is 1. The Kier molecular flexibility index (Phi) is 4.82. The summed E-state index contributed by atoms with van der Waals surface area (Å²) in [5, 5.41) is 13.2. The van der Waals surface area contributed by atoms with E-state index in [-0.39, 0.29) is 12.1 Å². The van der Waals surface area contributed by atoms with Crippen LogP contribution < -0.4 is 5.56 Å². The van der Waals surface area contributed by atoms with Crippen molar-refractivity contribution in [2.75, 3.05) is 0 Å². The number of aryl methyl sites for hydroxylation is 1. The Morgan fingerprint density at radius 3 is 2.61 bits per heavy atom. The molecule has 3 aromatic heterocycles. The topological polar surface area (TPSA) is 77.1 Å². The van der Waals surface area contributed by atoms with E-state index in [0.29, 0.717) is 23.2 Å². The van der Waals surface area contributed by atoms with Crippen LogP contribution in [0, 0.1) is 0 Å². The molecule has 0 aliphatic rings. The van der Waals surface area contributed by atoms with Gasteiger partial charge in [0.2, 0.25) is 0 Å². The summed E-state index contributed by atoms with van der Waals surface area (Å²) in [5.74, 6) is -0.139. The summed E-state index contributed by atoms with van der Waals surface area (Å²) in [6.07, 6.45) is 1.57. The van der Waals surface area contributed by atoms with Crippen LogP contribution in [-0.4, -0.2) is 25.2 Å². The third-order valence-electron chi connectivity index (χ3n) is 5.58. The van der Waals surface area contributed by atoms with Gasteiger partial charge in [0.25, 0.3) is 5.56 Å². The standard InChI is InChI=1S/C24H21N3O3S/c1-2-6-21-25-18-12-19-17(11-20(18)26(21)14-22(28)29)16-9-10-31-23(16)24(30)27(19)13-15-7-4-3-5-8-15/h3-5,7-12H,2,6,13-14H2,1H3,(H,28,29). The molecule has 3 heterocycles. The lowest BCUT2D eigenvalue weighted by Gasteiger charge is -2.12. The molecule has 0 bridgehead atoms. The number of imidazole rings is 1. The van der Waals surface area contributed by atoms with Crippen molar-refractivity contribution < 1.29 is 9.90 Å². The first kappa shape index (κ1) is 19.5. The number of benzene rings is 2. The zero-order valence-corrected chi connectivity index (χ0v) is 17.9. The maximum absolute atomic E-state index is 13.3. The van der Waals surface area contributed by atoms with Crippen molar-refractivity contribution >= 4 is 49.3 Å². The number of carboxylic acid groups (broad SMARTS) is 1. The summed E-state index contributed by atoms with van der Waals surface area (Å²) < 4.78 is 4.30. The summed E-state index contributed by atoms with van der Waals surface area (Å²) in [6, 6.07) is 15.8. The van der Waals surface area contributed by atoms with E-state index < -0.39 is 5.97 Å². The van der Waals surface area contributed by atoms with Crippen molar-refractivity contribution in [3.8, 4) is 0 Å². The van der Waals surface area contributed by atoms with Crippen molar-refractivity contribution in [3.05, 3.63) is 75.7 Å². The van der Waals surface area contributed by atoms with Gasteiger partial charge in [0.1, 0.15) is 17.1 Å². The fourth-order valence-corrected chi connectivity index (χ4v) is 5.07. The second-order valence-corrected chi connectivity index (χ2v) is 8.57. The Morgan fingerprint density at radius 2 is 1.87 bits per heavy atom. The summed E-state index contributed by atoms with van der Waals surface area (Å²) in [5.41, 5.74) is 3.35. The maximum Gasteiger partial charge on any atom is 0.323 e. The SMILES string of the molecule is CCCc1nc2cc3c(cc2n1CC(=O)O)c1ccsc1c(=O)n3Cc1ccccc1. The fourth-order valence-electron chi connectivity index (χ4n) is 4.22. The van der Waals surface area contributed by atoms with Gasteiger partial charge in [0.05, 0.1) is 23.1 Å². The molecule has 0 aliphatic carbocycles. The minimum absolute atomic E-state index is 0.0144. The average molecular weight is 432 g/mol. The molecule has 2 aromatic carbocycles. The highest BCUT2D eigenvalue weighted by Gasteiger charge is 2.18. The number of thiophene rings is 1. The van der Waals surface area contributed by atoms with E-state index >= 15 is 0 Å². The molecule has 5 rings (SSSR count). The number of hydrogen-bond acceptors (Lipinski definition) is 4. The first-order valence-corrected chi connectivity index (χ1v) is 11.1. The number of carbonyl (C=O) groups is 1. The molecule has 0 saturated carbocycles. The van der Waals surface area contributed by atoms with Crippen LogP contribution in [0.2, 0.25) is 0 Å². The van der Waals surface area contributed by atoms with Crippen molar-refractivity contribution in [2.45, 2.75) is 32.9 Å². The van der Waals surface area contributed by atoms with Crippen LogP contribution in [0.5, 0.6) is 0 Å². The molecule has 6 nitrogen and oxygen atoms in total. The molecular weight excluding hydrogens is 410 g/mol. The number of carboxylic acids is 1. The molecule has 0 radical (unpaired) electrons. The van der Waals surface area contributed by atoms with E-state index in [0.717, 1.165) is 39.6 Å². The predicted octanol–water partition coefficient (Wildman–Crippen LogP) is 4.65. The molecule has 156 valence electrons. The predicted molar refractivity (Wildman–Crippen MR) is 124 cm³/mol. The third kappa shape index (κ3) is 3.31. The Hall–Kier alpha value is -3.45. The molecule has 0 aliphatic heterocycles. The largest absolute Gasteiger partial charge is 0.480 e. The Morgan fingerprint density at radius 1 is 1.06 bits per heavy atom. The third-order valence-corrected chi connectivity index (χ3v) is 6.48. The molecule has 0 fully saturated rings. The van der Waals surface area contributed by atoms with Crippen molar-refractivity contribution in [1.82, 2.24) is 14.1 Å². The fraction of sp³-hybridized carbons (Fsp3) is 0.208. The van der Waals surface area contributed by atoms with Gasteiger partial charge >= 0.3 is 5.97 Å². The van der Waals surface area contributed by atoms with Crippen LogP contribution >= 0.6 is 11.3 Å². The van der Waals surface area contributed by atoms with Crippen LogP contribution in [0.3, 0.4) is 0 Å². The Bertz CT molecular complexity index is 1500. The molecule has 5 aromatic rings. The monoisotopic (exact) mass is 431 g/mol. The van der Waals surface area contributed by atoms with Crippen LogP contribution in [0.4, 0.5) is 0 Å². The average Bonchev–Trinajstić information content (AvgIpc) is 3.36. The molecule has 31 heavy (non-hydrogen) atoms. The summed E-state index contributed by atoms with van der Waals surface area (Å²) in [7, 11) is 0. The van der Waals surface area contributed by atoms with Crippen LogP contribution in [0.25, 0.3) is 32.0 Å². The highest BCUT2D eigenvalue weighted by molar-refractivity contribution is 7.17. The van der Waals surface area contributed by atoms with Gasteiger partial charge < -0.3 is 14.2 Å². The Labute approximate surface area is 182 Å². The highest BCUT2D eigenvalue weighted by Crippen LogP contribution is 2.31. The number of pyridine rings is 1. The highest BCUT2D eigenvalue weighted by atomic mass is 32.1. The van der Waals surface area contributed by atoms with Gasteiger partial charge in [-0.2, -0.15) is 0 Å². The maximum atomic E-state index is 13.3. The lowest BCUT2D eigenvalue weighted by atomic mass is 10.1. The zero-order valence-electron chi connectivity index (χ0n) is 17.0. The van der Waals surface area contributed by atoms with Crippen molar-refractivity contribution in [3.63, 3.8) is 0 Å². The van der Waals surface area contributed by atoms with Crippen LogP contribution in [0.1, 0.15) is 24.7 Å². The molecule has 0 atom stereocenters. The first-order chi connectivity index (χ1) is 15.1. The first-order valence-electron chi connectivity index (χ1n) is 10.3. The number of nitrogens with zero attached hydrogens (tertiary/aromatic N) is 3. The minimum atomic E-state index is -0.897. The molecule has 7 heteroatoms. The normalized spacial score (nSPS) is 11.6. The van der Waals surface area contributed by atoms with Crippen LogP contribution in [0.15, 0.2) is 58.7 Å².